The van der Waals surface area contributed by atoms with Gasteiger partial charge < -0.3 is 10.0 Å². The molecule has 0 saturated heterocycles. The molecule has 130 valence electrons. The summed E-state index contributed by atoms with van der Waals surface area (Å²) in [5.74, 6) is -0.161. The van der Waals surface area contributed by atoms with Gasteiger partial charge in [0, 0.05) is 18.8 Å². The minimum absolute atomic E-state index is 0.161. The van der Waals surface area contributed by atoms with E-state index in [1.54, 1.807) is 29.5 Å². The van der Waals surface area contributed by atoms with E-state index in [9.17, 15) is 9.90 Å². The minimum atomic E-state index is -0.934. The summed E-state index contributed by atoms with van der Waals surface area (Å²) in [6.07, 6.45) is 0. The first kappa shape index (κ1) is 18.2. The van der Waals surface area contributed by atoms with Crippen molar-refractivity contribution in [3.63, 3.8) is 0 Å². The number of aromatic nitrogens is 2. The van der Waals surface area contributed by atoms with Crippen LogP contribution in [0.1, 0.15) is 48.1 Å². The highest BCUT2D eigenvalue weighted by atomic mass is 16.3. The van der Waals surface area contributed by atoms with Gasteiger partial charge in [-0.25, -0.2) is 4.68 Å². The van der Waals surface area contributed by atoms with Gasteiger partial charge in [0.25, 0.3) is 5.91 Å². The van der Waals surface area contributed by atoms with Crippen molar-refractivity contribution >= 4 is 5.91 Å². The SMILES string of the molecule is CCN(CC(C)(C)O)C(=O)c1cc(C)n(-c2cc(C)cc(C)c2)n1. The smallest absolute Gasteiger partial charge is 0.274 e. The molecule has 0 aliphatic rings. The lowest BCUT2D eigenvalue weighted by Crippen LogP contribution is -2.42. The molecular formula is C19H27N3O2. The molecule has 24 heavy (non-hydrogen) atoms. The second-order valence-electron chi connectivity index (χ2n) is 7.06. The van der Waals surface area contributed by atoms with E-state index in [-0.39, 0.29) is 12.5 Å². The summed E-state index contributed by atoms with van der Waals surface area (Å²) in [6.45, 7) is 12.1. The van der Waals surface area contributed by atoms with E-state index in [4.69, 9.17) is 0 Å². The minimum Gasteiger partial charge on any atom is -0.389 e. The van der Waals surface area contributed by atoms with E-state index in [1.807, 2.05) is 27.7 Å². The van der Waals surface area contributed by atoms with E-state index in [2.05, 4.69) is 23.3 Å². The second-order valence-corrected chi connectivity index (χ2v) is 7.06. The fourth-order valence-corrected chi connectivity index (χ4v) is 2.87. The first-order valence-electron chi connectivity index (χ1n) is 8.27. The molecular weight excluding hydrogens is 302 g/mol. The van der Waals surface area contributed by atoms with Crippen LogP contribution in [0.4, 0.5) is 0 Å². The number of likely N-dealkylation sites (N-methyl/N-ethyl adjacent to an activating group) is 1. The van der Waals surface area contributed by atoms with Crippen molar-refractivity contribution in [2.45, 2.75) is 47.1 Å². The number of carbonyl (C=O) groups is 1. The highest BCUT2D eigenvalue weighted by molar-refractivity contribution is 5.92. The summed E-state index contributed by atoms with van der Waals surface area (Å²) in [7, 11) is 0. The van der Waals surface area contributed by atoms with Crippen LogP contribution in [0.25, 0.3) is 5.69 Å². The maximum Gasteiger partial charge on any atom is 0.274 e. The van der Waals surface area contributed by atoms with Crippen LogP contribution in [0.5, 0.6) is 0 Å². The molecule has 1 amide bonds. The van der Waals surface area contributed by atoms with Crippen LogP contribution in [0.2, 0.25) is 0 Å². The molecule has 0 bridgehead atoms. The Morgan fingerprint density at radius 1 is 1.17 bits per heavy atom. The summed E-state index contributed by atoms with van der Waals surface area (Å²) in [5.41, 5.74) is 3.64. The fourth-order valence-electron chi connectivity index (χ4n) is 2.87. The molecule has 0 saturated carbocycles. The largest absolute Gasteiger partial charge is 0.389 e. The third-order valence-corrected chi connectivity index (χ3v) is 3.80. The summed E-state index contributed by atoms with van der Waals surface area (Å²) >= 11 is 0. The first-order chi connectivity index (χ1) is 11.1. The zero-order valence-electron chi connectivity index (χ0n) is 15.4. The van der Waals surface area contributed by atoms with Gasteiger partial charge in [-0.05, 0) is 70.9 Å². The Morgan fingerprint density at radius 2 is 1.75 bits per heavy atom. The molecule has 1 heterocycles. The second kappa shape index (κ2) is 6.77. The molecule has 0 unspecified atom stereocenters. The van der Waals surface area contributed by atoms with Crippen molar-refractivity contribution in [3.05, 3.63) is 46.8 Å². The highest BCUT2D eigenvalue weighted by Gasteiger charge is 2.24. The van der Waals surface area contributed by atoms with E-state index >= 15 is 0 Å². The lowest BCUT2D eigenvalue weighted by molar-refractivity contribution is 0.0311. The standard InChI is InChI=1S/C19H27N3O2/c1-7-21(12-19(5,6)24)18(23)17-11-15(4)22(20-17)16-9-13(2)8-14(3)10-16/h8-11,24H,7,12H2,1-6H3. The van der Waals surface area contributed by atoms with Crippen LogP contribution in [0.15, 0.2) is 24.3 Å². The molecule has 0 fully saturated rings. The number of hydrogen-bond donors (Lipinski definition) is 1. The molecule has 1 N–H and O–H groups in total. The third kappa shape index (κ3) is 4.23. The molecule has 0 radical (unpaired) electrons. The van der Waals surface area contributed by atoms with E-state index in [0.29, 0.717) is 12.2 Å². The van der Waals surface area contributed by atoms with Crippen molar-refractivity contribution in [2.75, 3.05) is 13.1 Å². The molecule has 1 aromatic carbocycles. The van der Waals surface area contributed by atoms with Crippen molar-refractivity contribution < 1.29 is 9.90 Å². The molecule has 0 spiro atoms. The van der Waals surface area contributed by atoms with Crippen LogP contribution in [-0.2, 0) is 0 Å². The predicted molar refractivity (Wildman–Crippen MR) is 95.7 cm³/mol. The Kier molecular flexibility index (Phi) is 5.13. The van der Waals surface area contributed by atoms with Crippen LogP contribution in [0.3, 0.4) is 0 Å². The zero-order chi connectivity index (χ0) is 18.1. The molecule has 0 aliphatic heterocycles. The van der Waals surface area contributed by atoms with Gasteiger partial charge in [-0.3, -0.25) is 4.79 Å². The van der Waals surface area contributed by atoms with E-state index in [1.165, 1.54) is 0 Å². The zero-order valence-corrected chi connectivity index (χ0v) is 15.4. The Morgan fingerprint density at radius 3 is 2.25 bits per heavy atom. The Balaban J connectivity index is 2.35. The Labute approximate surface area is 143 Å². The number of benzene rings is 1. The molecule has 5 heteroatoms. The fraction of sp³-hybridized carbons (Fsp3) is 0.474. The topological polar surface area (TPSA) is 58.4 Å². The first-order valence-corrected chi connectivity index (χ1v) is 8.27. The Hall–Kier alpha value is -2.14. The van der Waals surface area contributed by atoms with Gasteiger partial charge in [-0.15, -0.1) is 0 Å². The molecule has 1 aromatic heterocycles. The average molecular weight is 329 g/mol. The summed E-state index contributed by atoms with van der Waals surface area (Å²) in [4.78, 5) is 14.3. The number of nitrogens with zero attached hydrogens (tertiary/aromatic N) is 3. The van der Waals surface area contributed by atoms with Gasteiger partial charge in [0.2, 0.25) is 0 Å². The summed E-state index contributed by atoms with van der Waals surface area (Å²) in [5, 5.41) is 14.5. The van der Waals surface area contributed by atoms with Crippen molar-refractivity contribution in [1.82, 2.24) is 14.7 Å². The summed E-state index contributed by atoms with van der Waals surface area (Å²) < 4.78 is 1.80. The van der Waals surface area contributed by atoms with Gasteiger partial charge in [0.05, 0.1) is 11.3 Å². The van der Waals surface area contributed by atoms with Crippen LogP contribution in [0, 0.1) is 20.8 Å². The predicted octanol–water partition coefficient (Wildman–Crippen LogP) is 3.03. The monoisotopic (exact) mass is 329 g/mol. The molecule has 5 nitrogen and oxygen atoms in total. The number of aliphatic hydroxyl groups is 1. The van der Waals surface area contributed by atoms with Gasteiger partial charge >= 0.3 is 0 Å². The molecule has 2 aromatic rings. The molecule has 0 aliphatic carbocycles. The number of aryl methyl sites for hydroxylation is 3. The number of rotatable bonds is 5. The van der Waals surface area contributed by atoms with E-state index < -0.39 is 5.60 Å². The van der Waals surface area contributed by atoms with Crippen LogP contribution >= 0.6 is 0 Å². The highest BCUT2D eigenvalue weighted by Crippen LogP contribution is 2.17. The van der Waals surface area contributed by atoms with Crippen molar-refractivity contribution in [3.8, 4) is 5.69 Å². The van der Waals surface area contributed by atoms with Gasteiger partial charge in [0.1, 0.15) is 0 Å². The maximum absolute atomic E-state index is 12.7. The number of hydrogen-bond acceptors (Lipinski definition) is 3. The van der Waals surface area contributed by atoms with Crippen molar-refractivity contribution in [1.29, 1.82) is 0 Å². The van der Waals surface area contributed by atoms with Crippen LogP contribution in [-0.4, -0.2) is 44.4 Å². The third-order valence-electron chi connectivity index (χ3n) is 3.80. The maximum atomic E-state index is 12.7. The lowest BCUT2D eigenvalue weighted by atomic mass is 10.1. The van der Waals surface area contributed by atoms with Gasteiger partial charge in [0.15, 0.2) is 5.69 Å². The average Bonchev–Trinajstić information content (AvgIpc) is 2.84. The molecule has 0 atom stereocenters. The summed E-state index contributed by atoms with van der Waals surface area (Å²) in [6, 6.07) is 8.01. The quantitative estimate of drug-likeness (QED) is 0.917. The number of amides is 1. The normalized spacial score (nSPS) is 11.6. The molecule has 2 rings (SSSR count). The van der Waals surface area contributed by atoms with E-state index in [0.717, 1.165) is 22.5 Å². The Bertz CT molecular complexity index is 721. The lowest BCUT2D eigenvalue weighted by Gasteiger charge is -2.27. The van der Waals surface area contributed by atoms with Gasteiger partial charge in [-0.1, -0.05) is 6.07 Å². The van der Waals surface area contributed by atoms with Gasteiger partial charge in [-0.2, -0.15) is 5.10 Å². The number of carbonyl (C=O) groups excluding carboxylic acids is 1. The van der Waals surface area contributed by atoms with Crippen molar-refractivity contribution in [2.24, 2.45) is 0 Å². The van der Waals surface area contributed by atoms with Crippen LogP contribution < -0.4 is 0 Å².